The van der Waals surface area contributed by atoms with Crippen LogP contribution in [-0.4, -0.2) is 35.7 Å². The van der Waals surface area contributed by atoms with Crippen molar-refractivity contribution in [3.63, 3.8) is 0 Å². The fourth-order valence-corrected chi connectivity index (χ4v) is 4.34. The molecule has 8 heteroatoms. The lowest BCUT2D eigenvalue weighted by atomic mass is 9.93. The summed E-state index contributed by atoms with van der Waals surface area (Å²) in [5, 5.41) is 16.8. The first kappa shape index (κ1) is 13.2. The Morgan fingerprint density at radius 3 is 2.65 bits per heavy atom. The number of hydrogen-bond donors (Lipinski definition) is 2. The Hall–Kier alpha value is -1.75. The van der Waals surface area contributed by atoms with Crippen molar-refractivity contribution >= 4 is 21.5 Å². The monoisotopic (exact) mass is 295 g/mol. The first-order valence-corrected chi connectivity index (χ1v) is 8.57. The summed E-state index contributed by atoms with van der Waals surface area (Å²) in [6.07, 6.45) is 3.81. The van der Waals surface area contributed by atoms with Crippen molar-refractivity contribution in [3.05, 3.63) is 5.56 Å². The van der Waals surface area contributed by atoms with E-state index in [0.717, 1.165) is 12.8 Å². The van der Waals surface area contributed by atoms with Gasteiger partial charge in [-0.3, -0.25) is 0 Å². The van der Waals surface area contributed by atoms with E-state index in [0.29, 0.717) is 23.8 Å². The Balaban J connectivity index is 1.90. The van der Waals surface area contributed by atoms with Crippen molar-refractivity contribution in [1.82, 2.24) is 9.78 Å². The molecule has 7 nitrogen and oxygen atoms in total. The molecule has 0 radical (unpaired) electrons. The van der Waals surface area contributed by atoms with Gasteiger partial charge in [-0.2, -0.15) is 10.4 Å². The SMILES string of the molecule is N#Cc1c(NC2CCC2)nn(C2CCS(=O)(=O)C2)c1N. The van der Waals surface area contributed by atoms with E-state index in [2.05, 4.69) is 16.5 Å². The predicted octanol–water partition coefficient (Wildman–Crippen LogP) is 0.661. The van der Waals surface area contributed by atoms with Gasteiger partial charge in [-0.25, -0.2) is 13.1 Å². The molecular formula is C12H17N5O2S. The van der Waals surface area contributed by atoms with E-state index in [1.54, 1.807) is 0 Å². The van der Waals surface area contributed by atoms with Gasteiger partial charge in [0.05, 0.1) is 17.5 Å². The van der Waals surface area contributed by atoms with Gasteiger partial charge >= 0.3 is 0 Å². The third kappa shape index (κ3) is 2.22. The largest absolute Gasteiger partial charge is 0.383 e. The number of nitrogen functional groups attached to an aromatic ring is 1. The van der Waals surface area contributed by atoms with Gasteiger partial charge in [0.15, 0.2) is 15.7 Å². The van der Waals surface area contributed by atoms with Gasteiger partial charge in [0.2, 0.25) is 0 Å². The van der Waals surface area contributed by atoms with E-state index in [1.165, 1.54) is 11.1 Å². The first-order valence-electron chi connectivity index (χ1n) is 6.75. The van der Waals surface area contributed by atoms with Gasteiger partial charge < -0.3 is 11.1 Å². The minimum atomic E-state index is -3.01. The molecule has 1 aliphatic carbocycles. The van der Waals surface area contributed by atoms with Crippen molar-refractivity contribution in [2.75, 3.05) is 22.6 Å². The molecule has 20 heavy (non-hydrogen) atoms. The smallest absolute Gasteiger partial charge is 0.168 e. The van der Waals surface area contributed by atoms with Crippen LogP contribution in [0.3, 0.4) is 0 Å². The van der Waals surface area contributed by atoms with Crippen LogP contribution in [0.15, 0.2) is 0 Å². The van der Waals surface area contributed by atoms with E-state index in [-0.39, 0.29) is 23.4 Å². The van der Waals surface area contributed by atoms with E-state index in [9.17, 15) is 13.7 Å². The van der Waals surface area contributed by atoms with Gasteiger partial charge in [-0.15, -0.1) is 0 Å². The number of nitriles is 1. The highest BCUT2D eigenvalue weighted by Gasteiger charge is 2.33. The molecule has 0 spiro atoms. The van der Waals surface area contributed by atoms with Crippen molar-refractivity contribution in [2.45, 2.75) is 37.8 Å². The summed E-state index contributed by atoms with van der Waals surface area (Å²) in [7, 11) is -3.01. The summed E-state index contributed by atoms with van der Waals surface area (Å²) < 4.78 is 24.6. The average Bonchev–Trinajstić information content (AvgIpc) is 2.84. The van der Waals surface area contributed by atoms with Crippen LogP contribution < -0.4 is 11.1 Å². The minimum Gasteiger partial charge on any atom is -0.383 e. The Labute approximate surface area is 117 Å². The molecule has 1 aromatic rings. The van der Waals surface area contributed by atoms with Crippen LogP contribution in [0.4, 0.5) is 11.6 Å². The lowest BCUT2D eigenvalue weighted by molar-refractivity contribution is 0.442. The third-order valence-corrected chi connectivity index (χ3v) is 5.81. The summed E-state index contributed by atoms with van der Waals surface area (Å²) in [6.45, 7) is 0. The van der Waals surface area contributed by atoms with Gasteiger partial charge in [0.1, 0.15) is 17.5 Å². The van der Waals surface area contributed by atoms with Crippen molar-refractivity contribution in [2.24, 2.45) is 0 Å². The highest BCUT2D eigenvalue weighted by atomic mass is 32.2. The molecule has 1 atom stereocenters. The van der Waals surface area contributed by atoms with Gasteiger partial charge in [0.25, 0.3) is 0 Å². The standard InChI is InChI=1S/C12H17N5O2S/c13-6-10-11(14)17(9-4-5-20(18,19)7-9)16-12(10)15-8-2-1-3-8/h8-9H,1-5,7,14H2,(H,15,16). The second-order valence-corrected chi connectivity index (χ2v) is 7.72. The lowest BCUT2D eigenvalue weighted by Crippen LogP contribution is -2.27. The van der Waals surface area contributed by atoms with Crippen molar-refractivity contribution in [1.29, 1.82) is 5.26 Å². The van der Waals surface area contributed by atoms with Crippen LogP contribution in [0, 0.1) is 11.3 Å². The van der Waals surface area contributed by atoms with Crippen LogP contribution in [0.5, 0.6) is 0 Å². The minimum absolute atomic E-state index is 0.0482. The molecule has 2 fully saturated rings. The molecule has 1 saturated heterocycles. The molecule has 0 amide bonds. The number of rotatable bonds is 3. The maximum Gasteiger partial charge on any atom is 0.168 e. The third-order valence-electron chi connectivity index (χ3n) is 4.06. The Morgan fingerprint density at radius 2 is 2.15 bits per heavy atom. The van der Waals surface area contributed by atoms with E-state index >= 15 is 0 Å². The zero-order chi connectivity index (χ0) is 14.3. The highest BCUT2D eigenvalue weighted by molar-refractivity contribution is 7.91. The van der Waals surface area contributed by atoms with Crippen LogP contribution in [0.2, 0.25) is 0 Å². The molecule has 0 aromatic carbocycles. The number of sulfone groups is 1. The number of hydrogen-bond acceptors (Lipinski definition) is 6. The van der Waals surface area contributed by atoms with Crippen LogP contribution in [-0.2, 0) is 9.84 Å². The highest BCUT2D eigenvalue weighted by Crippen LogP contribution is 2.32. The molecular weight excluding hydrogens is 278 g/mol. The molecule has 2 aliphatic rings. The van der Waals surface area contributed by atoms with Crippen LogP contribution in [0.1, 0.15) is 37.3 Å². The molecule has 2 heterocycles. The quantitative estimate of drug-likeness (QED) is 0.846. The van der Waals surface area contributed by atoms with Crippen molar-refractivity contribution in [3.8, 4) is 6.07 Å². The number of aromatic nitrogens is 2. The average molecular weight is 295 g/mol. The second kappa shape index (κ2) is 4.66. The Kier molecular flexibility index (Phi) is 3.09. The Bertz CT molecular complexity index is 669. The number of nitrogens with one attached hydrogen (secondary N) is 1. The summed E-state index contributed by atoms with van der Waals surface area (Å²) in [4.78, 5) is 0. The molecule has 1 unspecified atom stereocenters. The van der Waals surface area contributed by atoms with Gasteiger partial charge in [-0.1, -0.05) is 0 Å². The molecule has 1 saturated carbocycles. The molecule has 1 aliphatic heterocycles. The lowest BCUT2D eigenvalue weighted by Gasteiger charge is -2.26. The fourth-order valence-electron chi connectivity index (χ4n) is 2.65. The maximum atomic E-state index is 11.6. The van der Waals surface area contributed by atoms with Crippen LogP contribution in [0.25, 0.3) is 0 Å². The van der Waals surface area contributed by atoms with Crippen molar-refractivity contribution < 1.29 is 8.42 Å². The zero-order valence-electron chi connectivity index (χ0n) is 11.0. The molecule has 3 rings (SSSR count). The topological polar surface area (TPSA) is 114 Å². The maximum absolute atomic E-state index is 11.6. The number of nitrogens with two attached hydrogens (primary N) is 1. The predicted molar refractivity (Wildman–Crippen MR) is 74.9 cm³/mol. The fraction of sp³-hybridized carbons (Fsp3) is 0.667. The van der Waals surface area contributed by atoms with Gasteiger partial charge in [0, 0.05) is 6.04 Å². The molecule has 0 bridgehead atoms. The van der Waals surface area contributed by atoms with E-state index < -0.39 is 9.84 Å². The summed E-state index contributed by atoms with van der Waals surface area (Å²) in [5.41, 5.74) is 6.28. The summed E-state index contributed by atoms with van der Waals surface area (Å²) in [5.74, 6) is 0.951. The van der Waals surface area contributed by atoms with E-state index in [4.69, 9.17) is 5.73 Å². The normalized spacial score (nSPS) is 25.1. The van der Waals surface area contributed by atoms with Crippen LogP contribution >= 0.6 is 0 Å². The molecule has 108 valence electrons. The first-order chi connectivity index (χ1) is 9.50. The summed E-state index contributed by atoms with van der Waals surface area (Å²) in [6, 6.07) is 2.15. The molecule has 3 N–H and O–H groups in total. The van der Waals surface area contributed by atoms with E-state index in [1.807, 2.05) is 0 Å². The zero-order valence-corrected chi connectivity index (χ0v) is 11.9. The second-order valence-electron chi connectivity index (χ2n) is 5.49. The Morgan fingerprint density at radius 1 is 1.40 bits per heavy atom. The number of anilines is 2. The van der Waals surface area contributed by atoms with Gasteiger partial charge in [-0.05, 0) is 25.7 Å². The summed E-state index contributed by atoms with van der Waals surface area (Å²) >= 11 is 0. The molecule has 1 aromatic heterocycles. The number of nitrogens with zero attached hydrogens (tertiary/aromatic N) is 3.